The van der Waals surface area contributed by atoms with Crippen LogP contribution >= 0.6 is 11.8 Å². The van der Waals surface area contributed by atoms with Gasteiger partial charge in [-0.25, -0.2) is 4.39 Å². The maximum Gasteiger partial charge on any atom is 0.226 e. The molecule has 0 bridgehead atoms. The summed E-state index contributed by atoms with van der Waals surface area (Å²) in [7, 11) is 0. The summed E-state index contributed by atoms with van der Waals surface area (Å²) in [4.78, 5) is 14.7. The van der Waals surface area contributed by atoms with Gasteiger partial charge in [-0.2, -0.15) is 0 Å². The molecule has 2 fully saturated rings. The van der Waals surface area contributed by atoms with Gasteiger partial charge in [-0.1, -0.05) is 31.4 Å². The second-order valence-electron chi connectivity index (χ2n) is 5.64. The van der Waals surface area contributed by atoms with Crippen molar-refractivity contribution < 1.29 is 9.18 Å². The van der Waals surface area contributed by atoms with Crippen molar-refractivity contribution in [2.24, 2.45) is 5.92 Å². The Kier molecular flexibility index (Phi) is 4.29. The largest absolute Gasteiger partial charge is 0.325 e. The molecule has 0 aromatic heterocycles. The third kappa shape index (κ3) is 2.85. The first-order valence-corrected chi connectivity index (χ1v) is 8.48. The summed E-state index contributed by atoms with van der Waals surface area (Å²) in [5.41, 5.74) is 0.914. The molecule has 108 valence electrons. The Labute approximate surface area is 123 Å². The van der Waals surface area contributed by atoms with E-state index in [0.29, 0.717) is 0 Å². The fourth-order valence-electron chi connectivity index (χ4n) is 3.22. The summed E-state index contributed by atoms with van der Waals surface area (Å²) in [6.45, 7) is 0.793. The van der Waals surface area contributed by atoms with Crippen LogP contribution in [0.2, 0.25) is 0 Å². The number of nitrogens with zero attached hydrogens (tertiary/aromatic N) is 1. The lowest BCUT2D eigenvalue weighted by molar-refractivity contribution is -0.136. The van der Waals surface area contributed by atoms with E-state index in [-0.39, 0.29) is 23.0 Å². The number of rotatable bonds is 2. The van der Waals surface area contributed by atoms with Gasteiger partial charge in [0.25, 0.3) is 0 Å². The highest BCUT2D eigenvalue weighted by atomic mass is 32.2. The van der Waals surface area contributed by atoms with E-state index in [2.05, 4.69) is 0 Å². The van der Waals surface area contributed by atoms with Gasteiger partial charge in [0.15, 0.2) is 0 Å². The van der Waals surface area contributed by atoms with Gasteiger partial charge in [0.1, 0.15) is 11.2 Å². The SMILES string of the molecule is O=C(C1CCCCC1)N1CCSC1c1cccc(F)c1. The van der Waals surface area contributed by atoms with Crippen molar-refractivity contribution in [2.45, 2.75) is 37.5 Å². The molecule has 2 aliphatic rings. The van der Waals surface area contributed by atoms with Crippen LogP contribution in [0, 0.1) is 11.7 Å². The average molecular weight is 293 g/mol. The van der Waals surface area contributed by atoms with Crippen molar-refractivity contribution in [2.75, 3.05) is 12.3 Å². The van der Waals surface area contributed by atoms with E-state index in [1.165, 1.54) is 25.3 Å². The molecular formula is C16H20FNOS. The van der Waals surface area contributed by atoms with Crippen molar-refractivity contribution in [3.8, 4) is 0 Å². The minimum absolute atomic E-state index is 0.000117. The molecule has 4 heteroatoms. The smallest absolute Gasteiger partial charge is 0.226 e. The predicted molar refractivity (Wildman–Crippen MR) is 79.9 cm³/mol. The van der Waals surface area contributed by atoms with Crippen molar-refractivity contribution in [1.82, 2.24) is 4.90 Å². The highest BCUT2D eigenvalue weighted by molar-refractivity contribution is 7.99. The lowest BCUT2D eigenvalue weighted by Crippen LogP contribution is -2.36. The topological polar surface area (TPSA) is 20.3 Å². The van der Waals surface area contributed by atoms with Crippen LogP contribution < -0.4 is 0 Å². The monoisotopic (exact) mass is 293 g/mol. The van der Waals surface area contributed by atoms with E-state index >= 15 is 0 Å². The molecule has 1 aliphatic heterocycles. The molecule has 20 heavy (non-hydrogen) atoms. The number of halogens is 1. The molecule has 1 aliphatic carbocycles. The molecule has 0 spiro atoms. The summed E-state index contributed by atoms with van der Waals surface area (Å²) in [5, 5.41) is 0.000117. The Bertz CT molecular complexity index is 487. The first-order chi connectivity index (χ1) is 9.75. The van der Waals surface area contributed by atoms with Crippen molar-refractivity contribution in [1.29, 1.82) is 0 Å². The van der Waals surface area contributed by atoms with Crippen LogP contribution in [0.15, 0.2) is 24.3 Å². The fraction of sp³-hybridized carbons (Fsp3) is 0.562. The Morgan fingerprint density at radius 3 is 2.80 bits per heavy atom. The Morgan fingerprint density at radius 2 is 2.05 bits per heavy atom. The second kappa shape index (κ2) is 6.17. The molecule has 0 N–H and O–H groups in total. The van der Waals surface area contributed by atoms with Crippen LogP contribution in [-0.4, -0.2) is 23.1 Å². The zero-order valence-electron chi connectivity index (χ0n) is 11.6. The van der Waals surface area contributed by atoms with Gasteiger partial charge in [-0.05, 0) is 30.5 Å². The van der Waals surface area contributed by atoms with Crippen molar-refractivity contribution >= 4 is 17.7 Å². The van der Waals surface area contributed by atoms with Gasteiger partial charge in [0, 0.05) is 18.2 Å². The zero-order valence-corrected chi connectivity index (χ0v) is 12.4. The summed E-state index contributed by atoms with van der Waals surface area (Å²) in [6.07, 6.45) is 5.64. The lowest BCUT2D eigenvalue weighted by atomic mass is 9.88. The molecular weight excluding hydrogens is 273 g/mol. The maximum atomic E-state index is 13.4. The zero-order chi connectivity index (χ0) is 13.9. The molecule has 0 radical (unpaired) electrons. The van der Waals surface area contributed by atoms with E-state index in [0.717, 1.165) is 30.7 Å². The van der Waals surface area contributed by atoms with Gasteiger partial charge in [-0.3, -0.25) is 4.79 Å². The number of hydrogen-bond donors (Lipinski definition) is 0. The van der Waals surface area contributed by atoms with Crippen LogP contribution in [0.3, 0.4) is 0 Å². The van der Waals surface area contributed by atoms with Crippen LogP contribution in [0.1, 0.15) is 43.0 Å². The first-order valence-electron chi connectivity index (χ1n) is 7.43. The van der Waals surface area contributed by atoms with Crippen LogP contribution in [0.5, 0.6) is 0 Å². The minimum atomic E-state index is -0.222. The number of carbonyl (C=O) groups excluding carboxylic acids is 1. The standard InChI is InChI=1S/C16H20FNOS/c17-14-8-4-7-13(11-14)16-18(9-10-20-16)15(19)12-5-2-1-3-6-12/h4,7-8,11-12,16H,1-3,5-6,9-10H2. The Balaban J connectivity index is 1.76. The normalized spacial score (nSPS) is 24.1. The number of amides is 1. The first kappa shape index (κ1) is 13.9. The predicted octanol–water partition coefficient (Wildman–Crippen LogP) is 3.98. The van der Waals surface area contributed by atoms with Crippen molar-refractivity contribution in [3.05, 3.63) is 35.6 Å². The van der Waals surface area contributed by atoms with Gasteiger partial charge < -0.3 is 4.90 Å². The molecule has 1 saturated carbocycles. The summed E-state index contributed by atoms with van der Waals surface area (Å²) < 4.78 is 13.4. The number of thioether (sulfide) groups is 1. The summed E-state index contributed by atoms with van der Waals surface area (Å²) in [6, 6.07) is 6.67. The summed E-state index contributed by atoms with van der Waals surface area (Å²) in [5.74, 6) is 1.20. The molecule has 3 rings (SSSR count). The van der Waals surface area contributed by atoms with E-state index in [4.69, 9.17) is 0 Å². The quantitative estimate of drug-likeness (QED) is 0.822. The van der Waals surface area contributed by atoms with E-state index in [1.807, 2.05) is 11.0 Å². The number of carbonyl (C=O) groups is 1. The highest BCUT2D eigenvalue weighted by Gasteiger charge is 2.34. The molecule has 1 aromatic carbocycles. The third-order valence-corrected chi connectivity index (χ3v) is 5.52. The minimum Gasteiger partial charge on any atom is -0.325 e. The van der Waals surface area contributed by atoms with E-state index < -0.39 is 0 Å². The lowest BCUT2D eigenvalue weighted by Gasteiger charge is -2.30. The second-order valence-corrected chi connectivity index (χ2v) is 6.83. The molecule has 1 amide bonds. The Hall–Kier alpha value is -1.03. The van der Waals surface area contributed by atoms with Gasteiger partial charge in [0.2, 0.25) is 5.91 Å². The summed E-state index contributed by atoms with van der Waals surface area (Å²) >= 11 is 1.74. The number of benzene rings is 1. The van der Waals surface area contributed by atoms with Gasteiger partial charge >= 0.3 is 0 Å². The van der Waals surface area contributed by atoms with Crippen molar-refractivity contribution in [3.63, 3.8) is 0 Å². The molecule has 1 saturated heterocycles. The Morgan fingerprint density at radius 1 is 1.25 bits per heavy atom. The molecule has 1 unspecified atom stereocenters. The number of hydrogen-bond acceptors (Lipinski definition) is 2. The van der Waals surface area contributed by atoms with Gasteiger partial charge in [-0.15, -0.1) is 11.8 Å². The molecule has 1 heterocycles. The molecule has 1 aromatic rings. The third-order valence-electron chi connectivity index (χ3n) is 4.26. The molecule has 2 nitrogen and oxygen atoms in total. The van der Waals surface area contributed by atoms with Gasteiger partial charge in [0.05, 0.1) is 0 Å². The highest BCUT2D eigenvalue weighted by Crippen LogP contribution is 2.40. The van der Waals surface area contributed by atoms with Crippen LogP contribution in [0.25, 0.3) is 0 Å². The van der Waals surface area contributed by atoms with E-state index in [1.54, 1.807) is 23.9 Å². The fourth-order valence-corrected chi connectivity index (χ4v) is 4.47. The molecule has 1 atom stereocenters. The van der Waals surface area contributed by atoms with Crippen LogP contribution in [-0.2, 0) is 4.79 Å². The van der Waals surface area contributed by atoms with Crippen LogP contribution in [0.4, 0.5) is 4.39 Å². The average Bonchev–Trinajstić information content (AvgIpc) is 2.97. The van der Waals surface area contributed by atoms with E-state index in [9.17, 15) is 9.18 Å². The maximum absolute atomic E-state index is 13.4.